The van der Waals surface area contributed by atoms with E-state index in [1.807, 2.05) is 0 Å². The second-order valence-corrected chi connectivity index (χ2v) is 5.80. The number of benzene rings is 1. The van der Waals surface area contributed by atoms with Crippen LogP contribution in [-0.2, 0) is 6.18 Å². The summed E-state index contributed by atoms with van der Waals surface area (Å²) in [6.07, 6.45) is -4.65. The second kappa shape index (κ2) is 6.10. The van der Waals surface area contributed by atoms with E-state index < -0.39 is 12.0 Å². The van der Waals surface area contributed by atoms with Crippen molar-refractivity contribution in [2.24, 2.45) is 0 Å². The van der Waals surface area contributed by atoms with Gasteiger partial charge in [0, 0.05) is 0 Å². The molecule has 1 atom stereocenters. The number of nitrogens with zero attached hydrogens (tertiary/aromatic N) is 4. The number of aromatic nitrogens is 4. The van der Waals surface area contributed by atoms with Crippen molar-refractivity contribution in [1.82, 2.24) is 19.8 Å². The standard InChI is InChI=1S/C14H10Cl2F3N5/c1-7(8-3-2-4-9(15)12(8)16)20-10-5-6-11-21-22-13(14(17,18)19)24(11)23-10/h2-7H,1H3,(H,20,23). The maximum Gasteiger partial charge on any atom is 0.453 e. The molecule has 126 valence electrons. The monoisotopic (exact) mass is 375 g/mol. The van der Waals surface area contributed by atoms with Crippen LogP contribution in [0.25, 0.3) is 5.65 Å². The molecule has 1 N–H and O–H groups in total. The minimum atomic E-state index is -4.65. The van der Waals surface area contributed by atoms with Gasteiger partial charge in [-0.25, -0.2) is 0 Å². The SMILES string of the molecule is CC(Nc1ccc2nnc(C(F)(F)F)n2n1)c1cccc(Cl)c1Cl. The lowest BCUT2D eigenvalue weighted by Gasteiger charge is -2.17. The van der Waals surface area contributed by atoms with E-state index in [0.717, 1.165) is 0 Å². The average molecular weight is 376 g/mol. The molecule has 0 bridgehead atoms. The van der Waals surface area contributed by atoms with E-state index in [1.54, 1.807) is 25.1 Å². The Kier molecular flexibility index (Phi) is 4.27. The summed E-state index contributed by atoms with van der Waals surface area (Å²) >= 11 is 12.1. The van der Waals surface area contributed by atoms with Gasteiger partial charge in [-0.3, -0.25) is 0 Å². The number of hydrogen-bond donors (Lipinski definition) is 1. The molecule has 2 aromatic heterocycles. The lowest BCUT2D eigenvalue weighted by atomic mass is 10.1. The zero-order valence-corrected chi connectivity index (χ0v) is 13.7. The fraction of sp³-hybridized carbons (Fsp3) is 0.214. The third-order valence-corrected chi connectivity index (χ3v) is 4.16. The predicted octanol–water partition coefficient (Wildman–Crippen LogP) is 4.62. The number of nitrogens with one attached hydrogen (secondary N) is 1. The molecule has 10 heteroatoms. The van der Waals surface area contributed by atoms with Gasteiger partial charge in [0.05, 0.1) is 16.1 Å². The van der Waals surface area contributed by atoms with Gasteiger partial charge in [-0.05, 0) is 30.7 Å². The molecule has 0 amide bonds. The highest BCUT2D eigenvalue weighted by molar-refractivity contribution is 6.42. The van der Waals surface area contributed by atoms with Crippen LogP contribution in [0.4, 0.5) is 19.0 Å². The van der Waals surface area contributed by atoms with Gasteiger partial charge in [0.2, 0.25) is 0 Å². The van der Waals surface area contributed by atoms with E-state index in [2.05, 4.69) is 20.6 Å². The van der Waals surface area contributed by atoms with Gasteiger partial charge in [0.15, 0.2) is 5.65 Å². The van der Waals surface area contributed by atoms with Crippen LogP contribution < -0.4 is 5.32 Å². The summed E-state index contributed by atoms with van der Waals surface area (Å²) in [7, 11) is 0. The molecular weight excluding hydrogens is 366 g/mol. The Bertz CT molecular complexity index is 894. The highest BCUT2D eigenvalue weighted by atomic mass is 35.5. The topological polar surface area (TPSA) is 55.1 Å². The Morgan fingerprint density at radius 3 is 2.58 bits per heavy atom. The molecular formula is C14H10Cl2F3N5. The van der Waals surface area contributed by atoms with Crippen molar-refractivity contribution in [3.63, 3.8) is 0 Å². The van der Waals surface area contributed by atoms with E-state index in [9.17, 15) is 13.2 Å². The second-order valence-electron chi connectivity index (χ2n) is 5.02. The molecule has 0 fully saturated rings. The zero-order valence-electron chi connectivity index (χ0n) is 12.1. The highest BCUT2D eigenvalue weighted by Crippen LogP contribution is 2.31. The number of fused-ring (bicyclic) bond motifs is 1. The first-order chi connectivity index (χ1) is 11.3. The van der Waals surface area contributed by atoms with Crippen molar-refractivity contribution >= 4 is 34.7 Å². The van der Waals surface area contributed by atoms with E-state index in [4.69, 9.17) is 23.2 Å². The molecule has 2 heterocycles. The summed E-state index contributed by atoms with van der Waals surface area (Å²) in [5, 5.41) is 14.2. The smallest absolute Gasteiger partial charge is 0.362 e. The van der Waals surface area contributed by atoms with Gasteiger partial charge < -0.3 is 5.32 Å². The summed E-state index contributed by atoms with van der Waals surface area (Å²) in [6, 6.07) is 7.73. The lowest BCUT2D eigenvalue weighted by molar-refractivity contribution is -0.146. The fourth-order valence-electron chi connectivity index (χ4n) is 2.20. The maximum atomic E-state index is 12.9. The van der Waals surface area contributed by atoms with Crippen LogP contribution in [0.2, 0.25) is 10.0 Å². The summed E-state index contributed by atoms with van der Waals surface area (Å²) < 4.78 is 39.3. The van der Waals surface area contributed by atoms with E-state index >= 15 is 0 Å². The number of anilines is 1. The van der Waals surface area contributed by atoms with Crippen LogP contribution >= 0.6 is 23.2 Å². The molecule has 1 aromatic carbocycles. The number of hydrogen-bond acceptors (Lipinski definition) is 4. The molecule has 1 unspecified atom stereocenters. The largest absolute Gasteiger partial charge is 0.453 e. The Balaban J connectivity index is 1.94. The van der Waals surface area contributed by atoms with Crippen molar-refractivity contribution in [3.8, 4) is 0 Å². The zero-order chi connectivity index (χ0) is 17.5. The van der Waals surface area contributed by atoms with Crippen LogP contribution in [-0.4, -0.2) is 19.8 Å². The Morgan fingerprint density at radius 2 is 1.88 bits per heavy atom. The normalized spacial score (nSPS) is 13.2. The van der Waals surface area contributed by atoms with Crippen LogP contribution in [0, 0.1) is 0 Å². The molecule has 3 aromatic rings. The molecule has 3 rings (SSSR count). The Morgan fingerprint density at radius 1 is 1.12 bits per heavy atom. The minimum absolute atomic E-state index is 0.00122. The van der Waals surface area contributed by atoms with Crippen LogP contribution in [0.1, 0.15) is 24.4 Å². The first kappa shape index (κ1) is 16.8. The van der Waals surface area contributed by atoms with Crippen LogP contribution in [0.3, 0.4) is 0 Å². The van der Waals surface area contributed by atoms with E-state index in [0.29, 0.717) is 20.1 Å². The fourth-order valence-corrected chi connectivity index (χ4v) is 2.67. The predicted molar refractivity (Wildman–Crippen MR) is 84.3 cm³/mol. The molecule has 24 heavy (non-hydrogen) atoms. The lowest BCUT2D eigenvalue weighted by Crippen LogP contribution is -2.14. The quantitative estimate of drug-likeness (QED) is 0.725. The molecule has 0 aliphatic rings. The van der Waals surface area contributed by atoms with Crippen molar-refractivity contribution in [2.75, 3.05) is 5.32 Å². The van der Waals surface area contributed by atoms with E-state index in [-0.39, 0.29) is 17.5 Å². The maximum absolute atomic E-state index is 12.9. The Labute approximate surface area is 144 Å². The molecule has 0 aliphatic carbocycles. The van der Waals surface area contributed by atoms with Gasteiger partial charge in [0.25, 0.3) is 5.82 Å². The third-order valence-electron chi connectivity index (χ3n) is 3.33. The highest BCUT2D eigenvalue weighted by Gasteiger charge is 2.37. The van der Waals surface area contributed by atoms with Gasteiger partial charge in [-0.2, -0.15) is 17.7 Å². The van der Waals surface area contributed by atoms with Gasteiger partial charge in [0.1, 0.15) is 5.82 Å². The van der Waals surface area contributed by atoms with Gasteiger partial charge in [-0.1, -0.05) is 35.3 Å². The molecule has 0 aliphatic heterocycles. The summed E-state index contributed by atoms with van der Waals surface area (Å²) in [5.41, 5.74) is 0.701. The number of halogens is 5. The van der Waals surface area contributed by atoms with Crippen LogP contribution in [0.15, 0.2) is 30.3 Å². The molecule has 0 spiro atoms. The van der Waals surface area contributed by atoms with Gasteiger partial charge in [-0.15, -0.1) is 15.3 Å². The minimum Gasteiger partial charge on any atom is -0.362 e. The first-order valence-electron chi connectivity index (χ1n) is 6.77. The van der Waals surface area contributed by atoms with Crippen LogP contribution in [0.5, 0.6) is 0 Å². The van der Waals surface area contributed by atoms with Crippen molar-refractivity contribution in [3.05, 3.63) is 51.8 Å². The summed E-state index contributed by atoms with van der Waals surface area (Å²) in [4.78, 5) is 0. The first-order valence-corrected chi connectivity index (χ1v) is 7.53. The molecule has 0 saturated heterocycles. The number of rotatable bonds is 3. The molecule has 0 saturated carbocycles. The van der Waals surface area contributed by atoms with Crippen molar-refractivity contribution < 1.29 is 13.2 Å². The van der Waals surface area contributed by atoms with Crippen molar-refractivity contribution in [2.45, 2.75) is 19.1 Å². The molecule has 0 radical (unpaired) electrons. The Hall–Kier alpha value is -2.06. The summed E-state index contributed by atoms with van der Waals surface area (Å²) in [6.45, 7) is 1.79. The van der Waals surface area contributed by atoms with Gasteiger partial charge >= 0.3 is 6.18 Å². The summed E-state index contributed by atoms with van der Waals surface area (Å²) in [5.74, 6) is -0.967. The third kappa shape index (κ3) is 3.11. The average Bonchev–Trinajstić information content (AvgIpc) is 2.93. The number of alkyl halides is 3. The van der Waals surface area contributed by atoms with Crippen molar-refractivity contribution in [1.29, 1.82) is 0 Å². The molecule has 5 nitrogen and oxygen atoms in total. The van der Waals surface area contributed by atoms with E-state index in [1.165, 1.54) is 12.1 Å².